The molecule has 1 saturated carbocycles. The first-order chi connectivity index (χ1) is 9.31. The monoisotopic (exact) mass is 258 g/mol. The second kappa shape index (κ2) is 5.21. The molecule has 1 fully saturated rings. The maximum absolute atomic E-state index is 5.77. The fraction of sp³-hybridized carbons (Fsp3) is 0.533. The average Bonchev–Trinajstić information content (AvgIpc) is 3.06. The molecule has 2 aromatic rings. The molecule has 102 valence electrons. The van der Waals surface area contributed by atoms with E-state index < -0.39 is 0 Å². The minimum atomic E-state index is 0.633. The van der Waals surface area contributed by atoms with Crippen molar-refractivity contribution in [2.45, 2.75) is 38.3 Å². The third-order valence-corrected chi connectivity index (χ3v) is 4.17. The van der Waals surface area contributed by atoms with Gasteiger partial charge in [0.2, 0.25) is 5.95 Å². The number of para-hydroxylation sites is 2. The third-order valence-electron chi connectivity index (χ3n) is 4.17. The van der Waals surface area contributed by atoms with Gasteiger partial charge in [0.25, 0.3) is 0 Å². The van der Waals surface area contributed by atoms with Gasteiger partial charge < -0.3 is 15.2 Å². The van der Waals surface area contributed by atoms with Gasteiger partial charge in [-0.3, -0.25) is 0 Å². The van der Waals surface area contributed by atoms with Gasteiger partial charge in [0.1, 0.15) is 0 Å². The number of anilines is 1. The standard InChI is InChI=1S/C15H22N4/c1-18(12-6-2-3-7-12)15-17-13-8-4-5-9-14(13)19(15)11-10-16/h4-5,8-9,12H,2-3,6-7,10-11,16H2,1H3. The Morgan fingerprint density at radius 1 is 1.32 bits per heavy atom. The van der Waals surface area contributed by atoms with E-state index in [0.717, 1.165) is 18.0 Å². The van der Waals surface area contributed by atoms with Gasteiger partial charge in [-0.15, -0.1) is 0 Å². The van der Waals surface area contributed by atoms with Crippen LogP contribution in [-0.4, -0.2) is 29.2 Å². The summed E-state index contributed by atoms with van der Waals surface area (Å²) >= 11 is 0. The van der Waals surface area contributed by atoms with Crippen LogP contribution in [-0.2, 0) is 6.54 Å². The van der Waals surface area contributed by atoms with Crippen LogP contribution in [0.15, 0.2) is 24.3 Å². The van der Waals surface area contributed by atoms with E-state index in [2.05, 4.69) is 34.7 Å². The van der Waals surface area contributed by atoms with Crippen molar-refractivity contribution in [1.82, 2.24) is 9.55 Å². The molecule has 0 atom stereocenters. The molecule has 0 unspecified atom stereocenters. The van der Waals surface area contributed by atoms with E-state index in [0.29, 0.717) is 12.6 Å². The third kappa shape index (κ3) is 2.21. The van der Waals surface area contributed by atoms with Crippen molar-refractivity contribution < 1.29 is 0 Å². The molecule has 4 heteroatoms. The fourth-order valence-electron chi connectivity index (χ4n) is 3.14. The zero-order valence-corrected chi connectivity index (χ0v) is 11.5. The van der Waals surface area contributed by atoms with E-state index in [9.17, 15) is 0 Å². The average molecular weight is 258 g/mol. The summed E-state index contributed by atoms with van der Waals surface area (Å²) in [5.74, 6) is 1.07. The second-order valence-corrected chi connectivity index (χ2v) is 5.39. The largest absolute Gasteiger partial charge is 0.342 e. The Hall–Kier alpha value is -1.55. The molecular weight excluding hydrogens is 236 g/mol. The zero-order chi connectivity index (χ0) is 13.2. The van der Waals surface area contributed by atoms with Crippen LogP contribution in [0.3, 0.4) is 0 Å². The molecule has 19 heavy (non-hydrogen) atoms. The van der Waals surface area contributed by atoms with Gasteiger partial charge in [-0.25, -0.2) is 4.98 Å². The number of imidazole rings is 1. The molecule has 3 rings (SSSR count). The first kappa shape index (κ1) is 12.5. The summed E-state index contributed by atoms with van der Waals surface area (Å²) in [6.45, 7) is 1.47. The Kier molecular flexibility index (Phi) is 3.42. The maximum atomic E-state index is 5.77. The highest BCUT2D eigenvalue weighted by Crippen LogP contribution is 2.28. The van der Waals surface area contributed by atoms with Gasteiger partial charge in [0, 0.05) is 26.2 Å². The highest BCUT2D eigenvalue weighted by molar-refractivity contribution is 5.78. The van der Waals surface area contributed by atoms with Crippen molar-refractivity contribution in [3.8, 4) is 0 Å². The van der Waals surface area contributed by atoms with E-state index >= 15 is 0 Å². The SMILES string of the molecule is CN(c1nc2ccccc2n1CCN)C1CCCC1. The van der Waals surface area contributed by atoms with E-state index in [1.165, 1.54) is 31.2 Å². The van der Waals surface area contributed by atoms with Crippen molar-refractivity contribution in [3.63, 3.8) is 0 Å². The smallest absolute Gasteiger partial charge is 0.206 e. The molecule has 0 amide bonds. The number of nitrogens with two attached hydrogens (primary N) is 1. The summed E-state index contributed by atoms with van der Waals surface area (Å²) in [7, 11) is 2.17. The van der Waals surface area contributed by atoms with Crippen LogP contribution >= 0.6 is 0 Å². The van der Waals surface area contributed by atoms with Gasteiger partial charge in [0.15, 0.2) is 0 Å². The quantitative estimate of drug-likeness (QED) is 0.916. The number of aromatic nitrogens is 2. The molecule has 0 radical (unpaired) electrons. The van der Waals surface area contributed by atoms with Crippen LogP contribution < -0.4 is 10.6 Å². The molecule has 0 saturated heterocycles. The molecule has 1 aliphatic rings. The number of nitrogens with zero attached hydrogens (tertiary/aromatic N) is 3. The summed E-state index contributed by atoms with van der Waals surface area (Å²) in [4.78, 5) is 7.16. The molecule has 0 aliphatic heterocycles. The number of hydrogen-bond donors (Lipinski definition) is 1. The van der Waals surface area contributed by atoms with Crippen LogP contribution in [0.25, 0.3) is 11.0 Å². The fourth-order valence-corrected chi connectivity index (χ4v) is 3.14. The first-order valence-electron chi connectivity index (χ1n) is 7.19. The predicted octanol–water partition coefficient (Wildman–Crippen LogP) is 2.37. The van der Waals surface area contributed by atoms with Crippen molar-refractivity contribution in [2.24, 2.45) is 5.73 Å². The Morgan fingerprint density at radius 2 is 2.05 bits per heavy atom. The van der Waals surface area contributed by atoms with E-state index in [1.54, 1.807) is 0 Å². The minimum absolute atomic E-state index is 0.633. The minimum Gasteiger partial charge on any atom is -0.342 e. The Morgan fingerprint density at radius 3 is 2.79 bits per heavy atom. The second-order valence-electron chi connectivity index (χ2n) is 5.39. The summed E-state index contributed by atoms with van der Waals surface area (Å²) in [6, 6.07) is 8.95. The van der Waals surface area contributed by atoms with Crippen molar-refractivity contribution in [3.05, 3.63) is 24.3 Å². The Labute approximate surface area is 114 Å². The normalized spacial score (nSPS) is 16.3. The summed E-state index contributed by atoms with van der Waals surface area (Å²) in [5.41, 5.74) is 8.02. The van der Waals surface area contributed by atoms with E-state index in [-0.39, 0.29) is 0 Å². The molecule has 0 bridgehead atoms. The molecule has 2 N–H and O–H groups in total. The Balaban J connectivity index is 2.03. The van der Waals surface area contributed by atoms with Crippen LogP contribution in [0.2, 0.25) is 0 Å². The van der Waals surface area contributed by atoms with Gasteiger partial charge in [-0.1, -0.05) is 25.0 Å². The van der Waals surface area contributed by atoms with Crippen LogP contribution in [0.1, 0.15) is 25.7 Å². The van der Waals surface area contributed by atoms with Gasteiger partial charge in [-0.05, 0) is 25.0 Å². The van der Waals surface area contributed by atoms with Crippen LogP contribution in [0.5, 0.6) is 0 Å². The lowest BCUT2D eigenvalue weighted by Gasteiger charge is -2.26. The van der Waals surface area contributed by atoms with Crippen LogP contribution in [0, 0.1) is 0 Å². The molecule has 1 aliphatic carbocycles. The van der Waals surface area contributed by atoms with E-state index in [1.807, 2.05) is 6.07 Å². The number of fused-ring (bicyclic) bond motifs is 1. The summed E-state index contributed by atoms with van der Waals surface area (Å²) < 4.78 is 2.26. The van der Waals surface area contributed by atoms with Gasteiger partial charge >= 0.3 is 0 Å². The highest BCUT2D eigenvalue weighted by Gasteiger charge is 2.23. The van der Waals surface area contributed by atoms with E-state index in [4.69, 9.17) is 10.7 Å². The Bertz CT molecular complexity index is 554. The number of hydrogen-bond acceptors (Lipinski definition) is 3. The van der Waals surface area contributed by atoms with Crippen molar-refractivity contribution >= 4 is 17.0 Å². The molecule has 4 nitrogen and oxygen atoms in total. The molecule has 0 spiro atoms. The zero-order valence-electron chi connectivity index (χ0n) is 11.5. The van der Waals surface area contributed by atoms with Crippen molar-refractivity contribution in [1.29, 1.82) is 0 Å². The molecular formula is C15H22N4. The summed E-state index contributed by atoms with van der Waals surface area (Å²) in [6.07, 6.45) is 5.24. The van der Waals surface area contributed by atoms with Gasteiger partial charge in [-0.2, -0.15) is 0 Å². The van der Waals surface area contributed by atoms with Crippen LogP contribution in [0.4, 0.5) is 5.95 Å². The number of benzene rings is 1. The molecule has 1 heterocycles. The highest BCUT2D eigenvalue weighted by atomic mass is 15.3. The van der Waals surface area contributed by atoms with Gasteiger partial charge in [0.05, 0.1) is 11.0 Å². The lowest BCUT2D eigenvalue weighted by atomic mass is 10.2. The topological polar surface area (TPSA) is 47.1 Å². The predicted molar refractivity (Wildman–Crippen MR) is 79.4 cm³/mol. The lowest BCUT2D eigenvalue weighted by molar-refractivity contribution is 0.612. The number of rotatable bonds is 4. The van der Waals surface area contributed by atoms with Crippen molar-refractivity contribution in [2.75, 3.05) is 18.5 Å². The lowest BCUT2D eigenvalue weighted by Crippen LogP contribution is -2.31. The first-order valence-corrected chi connectivity index (χ1v) is 7.19. The summed E-state index contributed by atoms with van der Waals surface area (Å²) in [5, 5.41) is 0. The molecule has 1 aromatic carbocycles. The maximum Gasteiger partial charge on any atom is 0.206 e. The molecule has 1 aromatic heterocycles.